The highest BCUT2D eigenvalue weighted by Gasteiger charge is 2.27. The molecule has 39 heavy (non-hydrogen) atoms. The lowest BCUT2D eigenvalue weighted by molar-refractivity contribution is -0.384. The second-order valence-electron chi connectivity index (χ2n) is 9.89. The van der Waals surface area contributed by atoms with Gasteiger partial charge in [0.2, 0.25) is 5.95 Å². The summed E-state index contributed by atoms with van der Waals surface area (Å²) in [5.74, 6) is 1.40. The fraction of sp³-hybridized carbons (Fsp3) is 0.407. The maximum atomic E-state index is 10.9. The van der Waals surface area contributed by atoms with Crippen LogP contribution in [0.25, 0.3) is 0 Å². The fourth-order valence-corrected chi connectivity index (χ4v) is 5.23. The largest absolute Gasteiger partial charge is 0.494 e. The Morgan fingerprint density at radius 3 is 2.41 bits per heavy atom. The number of likely N-dealkylation sites (N-methyl/N-ethyl adjacent to an activating group) is 1. The molecule has 5 rings (SSSR count). The zero-order chi connectivity index (χ0) is 27.4. The molecule has 0 unspecified atom stereocenters. The quantitative estimate of drug-likeness (QED) is 0.300. The third kappa shape index (κ3) is 6.49. The molecule has 2 saturated heterocycles. The van der Waals surface area contributed by atoms with E-state index in [9.17, 15) is 10.1 Å². The molecule has 2 N–H and O–H groups in total. The zero-order valence-electron chi connectivity index (χ0n) is 22.1. The fourth-order valence-electron chi connectivity index (χ4n) is 5.09. The van der Waals surface area contributed by atoms with Gasteiger partial charge >= 0.3 is 0 Å². The molecule has 3 heterocycles. The van der Waals surface area contributed by atoms with Gasteiger partial charge in [0.25, 0.3) is 5.69 Å². The van der Waals surface area contributed by atoms with Gasteiger partial charge in [-0.3, -0.25) is 15.0 Å². The second kappa shape index (κ2) is 12.0. The van der Waals surface area contributed by atoms with E-state index in [4.69, 9.17) is 16.3 Å². The minimum absolute atomic E-state index is 0.00614. The number of nitrogens with one attached hydrogen (secondary N) is 2. The van der Waals surface area contributed by atoms with Crippen LogP contribution in [0.4, 0.5) is 34.5 Å². The van der Waals surface area contributed by atoms with Gasteiger partial charge < -0.3 is 25.2 Å². The van der Waals surface area contributed by atoms with Gasteiger partial charge in [0.15, 0.2) is 5.82 Å². The van der Waals surface area contributed by atoms with Crippen molar-refractivity contribution in [3.8, 4) is 5.75 Å². The molecule has 12 heteroatoms. The van der Waals surface area contributed by atoms with Gasteiger partial charge in [0, 0.05) is 74.9 Å². The lowest BCUT2D eigenvalue weighted by Gasteiger charge is -2.42. The van der Waals surface area contributed by atoms with Gasteiger partial charge in [0.05, 0.1) is 23.9 Å². The molecule has 0 amide bonds. The molecule has 2 aromatic carbocycles. The molecule has 2 aliphatic rings. The zero-order valence-corrected chi connectivity index (χ0v) is 22.9. The lowest BCUT2D eigenvalue weighted by Crippen LogP contribution is -2.52. The summed E-state index contributed by atoms with van der Waals surface area (Å²) in [6.45, 7) is 6.66. The van der Waals surface area contributed by atoms with Crippen LogP contribution >= 0.6 is 11.6 Å². The Kier molecular flexibility index (Phi) is 8.30. The summed E-state index contributed by atoms with van der Waals surface area (Å²) in [5.41, 5.74) is 2.49. The van der Waals surface area contributed by atoms with E-state index in [1.165, 1.54) is 18.3 Å². The maximum absolute atomic E-state index is 10.9. The van der Waals surface area contributed by atoms with Crippen molar-refractivity contribution < 1.29 is 9.66 Å². The summed E-state index contributed by atoms with van der Waals surface area (Å²) in [6.07, 6.45) is 3.82. The van der Waals surface area contributed by atoms with Crippen molar-refractivity contribution in [3.05, 3.63) is 63.8 Å². The van der Waals surface area contributed by atoms with Crippen LogP contribution in [0.2, 0.25) is 5.02 Å². The highest BCUT2D eigenvalue weighted by Crippen LogP contribution is 2.34. The van der Waals surface area contributed by atoms with Crippen LogP contribution in [-0.4, -0.2) is 84.2 Å². The van der Waals surface area contributed by atoms with E-state index in [0.29, 0.717) is 34.3 Å². The summed E-state index contributed by atoms with van der Waals surface area (Å²) in [6, 6.07) is 12.8. The Balaban J connectivity index is 1.24. The first-order chi connectivity index (χ1) is 18.9. The van der Waals surface area contributed by atoms with Crippen LogP contribution < -0.4 is 20.3 Å². The minimum atomic E-state index is -0.446. The van der Waals surface area contributed by atoms with Crippen molar-refractivity contribution in [2.75, 3.05) is 69.0 Å². The topological polar surface area (TPSA) is 112 Å². The highest BCUT2D eigenvalue weighted by atomic mass is 35.5. The van der Waals surface area contributed by atoms with Crippen molar-refractivity contribution in [1.29, 1.82) is 0 Å². The number of nitro groups is 1. The molecular formula is C27H33ClN8O3. The number of hydrogen-bond donors (Lipinski definition) is 2. The Bertz CT molecular complexity index is 1290. The lowest BCUT2D eigenvalue weighted by atomic mass is 10.0. The Labute approximate surface area is 232 Å². The Hall–Kier alpha value is -3.67. The number of nitro benzene ring substituents is 1. The number of anilines is 5. The number of ether oxygens (including phenoxy) is 1. The minimum Gasteiger partial charge on any atom is -0.494 e. The summed E-state index contributed by atoms with van der Waals surface area (Å²) in [4.78, 5) is 26.7. The number of nitrogens with zero attached hydrogens (tertiary/aromatic N) is 6. The number of rotatable bonds is 8. The summed E-state index contributed by atoms with van der Waals surface area (Å²) in [7, 11) is 3.84. The van der Waals surface area contributed by atoms with Gasteiger partial charge in [0.1, 0.15) is 10.8 Å². The molecule has 206 valence electrons. The van der Waals surface area contributed by atoms with E-state index >= 15 is 0 Å². The van der Waals surface area contributed by atoms with Crippen LogP contribution in [0.1, 0.15) is 12.8 Å². The Morgan fingerprint density at radius 1 is 1.03 bits per heavy atom. The molecule has 2 fully saturated rings. The molecule has 0 spiro atoms. The number of aromatic nitrogens is 2. The smallest absolute Gasteiger partial charge is 0.269 e. The molecule has 0 saturated carbocycles. The predicted octanol–water partition coefficient (Wildman–Crippen LogP) is 4.75. The number of methoxy groups -OCH3 is 1. The molecular weight excluding hydrogens is 520 g/mol. The first-order valence-electron chi connectivity index (χ1n) is 13.1. The van der Waals surface area contributed by atoms with Crippen molar-refractivity contribution in [1.82, 2.24) is 19.8 Å². The van der Waals surface area contributed by atoms with E-state index in [-0.39, 0.29) is 5.69 Å². The molecule has 0 bridgehead atoms. The van der Waals surface area contributed by atoms with Crippen LogP contribution in [0.5, 0.6) is 5.75 Å². The maximum Gasteiger partial charge on any atom is 0.269 e. The van der Waals surface area contributed by atoms with Crippen molar-refractivity contribution in [3.63, 3.8) is 0 Å². The molecule has 3 aromatic rings. The molecule has 2 aliphatic heterocycles. The summed E-state index contributed by atoms with van der Waals surface area (Å²) in [5, 5.41) is 17.5. The van der Waals surface area contributed by atoms with Gasteiger partial charge in [-0.25, -0.2) is 4.98 Å². The summed E-state index contributed by atoms with van der Waals surface area (Å²) >= 11 is 6.30. The van der Waals surface area contributed by atoms with Gasteiger partial charge in [-0.1, -0.05) is 11.6 Å². The van der Waals surface area contributed by atoms with E-state index in [2.05, 4.69) is 48.4 Å². The first kappa shape index (κ1) is 26.9. The Morgan fingerprint density at radius 2 is 1.74 bits per heavy atom. The van der Waals surface area contributed by atoms with E-state index in [0.717, 1.165) is 63.5 Å². The van der Waals surface area contributed by atoms with Crippen molar-refractivity contribution in [2.45, 2.75) is 18.9 Å². The van der Waals surface area contributed by atoms with Crippen molar-refractivity contribution in [2.24, 2.45) is 0 Å². The van der Waals surface area contributed by atoms with Crippen LogP contribution in [0.15, 0.2) is 48.7 Å². The predicted molar refractivity (Wildman–Crippen MR) is 154 cm³/mol. The normalized spacial score (nSPS) is 17.2. The second-order valence-corrected chi connectivity index (χ2v) is 10.3. The van der Waals surface area contributed by atoms with E-state index in [1.807, 2.05) is 12.1 Å². The molecule has 11 nitrogen and oxygen atoms in total. The monoisotopic (exact) mass is 552 g/mol. The average molecular weight is 553 g/mol. The van der Waals surface area contributed by atoms with Gasteiger partial charge in [-0.15, -0.1) is 0 Å². The number of benzene rings is 2. The molecule has 0 radical (unpaired) electrons. The summed E-state index contributed by atoms with van der Waals surface area (Å²) < 4.78 is 5.70. The number of piperidine rings is 1. The number of piperazine rings is 1. The third-order valence-corrected chi connectivity index (χ3v) is 7.68. The van der Waals surface area contributed by atoms with Crippen LogP contribution in [0.3, 0.4) is 0 Å². The van der Waals surface area contributed by atoms with E-state index in [1.54, 1.807) is 19.2 Å². The average Bonchev–Trinajstić information content (AvgIpc) is 2.96. The van der Waals surface area contributed by atoms with Crippen molar-refractivity contribution >= 4 is 46.1 Å². The third-order valence-electron chi connectivity index (χ3n) is 7.40. The molecule has 0 atom stereocenters. The number of non-ortho nitro benzene ring substituents is 1. The molecule has 0 aliphatic carbocycles. The standard InChI is InChI=1S/C27H33ClN8O3/c1-33-13-15-35(16-14-33)20-9-11-34(12-10-20)22-7-8-24(25(17-22)39-2)31-27-29-18-23(28)26(32-27)30-19-3-5-21(6-4-19)36(37)38/h3-8,17-18,20H,9-16H2,1-2H3,(H2,29,30,31,32). The van der Waals surface area contributed by atoms with Gasteiger partial charge in [-0.2, -0.15) is 4.98 Å². The number of hydrogen-bond acceptors (Lipinski definition) is 10. The van der Waals surface area contributed by atoms with Gasteiger partial charge in [-0.05, 0) is 44.2 Å². The molecule has 1 aromatic heterocycles. The van der Waals surface area contributed by atoms with Crippen LogP contribution in [0, 0.1) is 10.1 Å². The first-order valence-corrected chi connectivity index (χ1v) is 13.4. The SMILES string of the molecule is COc1cc(N2CCC(N3CCN(C)CC3)CC2)ccc1Nc1ncc(Cl)c(Nc2ccc([N+](=O)[O-])cc2)n1. The van der Waals surface area contributed by atoms with E-state index < -0.39 is 4.92 Å². The highest BCUT2D eigenvalue weighted by molar-refractivity contribution is 6.32. The number of halogens is 1. The van der Waals surface area contributed by atoms with Crippen LogP contribution in [-0.2, 0) is 0 Å².